The number of hydrogen-bond donors (Lipinski definition) is 3. The standard InChI is InChI=1S/C25H26N8/c1-4-21-27-14(2)23(29-21)16-7-9-17(10-8-16)24-30-25(33(3)32-24)28-20-12-11-19-18(13-26-31-19)22(20)15-5-6-15/h7-13,15H,4-6H2,1-3H3,(H,26,31)(H,27,29)(H,28,30,32). The number of H-pyrrole nitrogens is 2. The van der Waals surface area contributed by atoms with Gasteiger partial charge in [-0.2, -0.15) is 10.1 Å². The highest BCUT2D eigenvalue weighted by Gasteiger charge is 2.29. The van der Waals surface area contributed by atoms with Crippen molar-refractivity contribution >= 4 is 22.5 Å². The molecule has 0 atom stereocenters. The largest absolute Gasteiger partial charge is 0.342 e. The fraction of sp³-hybridized carbons (Fsp3) is 0.280. The number of nitrogens with one attached hydrogen (secondary N) is 3. The Kier molecular flexibility index (Phi) is 4.53. The number of fused-ring (bicyclic) bond motifs is 1. The third-order valence-electron chi connectivity index (χ3n) is 6.36. The molecular formula is C25H26N8. The maximum Gasteiger partial charge on any atom is 0.225 e. The number of nitrogens with zero attached hydrogens (tertiary/aromatic N) is 5. The van der Waals surface area contributed by atoms with Crippen molar-refractivity contribution in [2.75, 3.05) is 5.32 Å². The van der Waals surface area contributed by atoms with Gasteiger partial charge in [-0.3, -0.25) is 5.10 Å². The van der Waals surface area contributed by atoms with Crippen LogP contribution in [0.1, 0.15) is 42.8 Å². The first-order valence-corrected chi connectivity index (χ1v) is 11.4. The molecular weight excluding hydrogens is 412 g/mol. The molecule has 0 radical (unpaired) electrons. The van der Waals surface area contributed by atoms with Crippen LogP contribution < -0.4 is 5.32 Å². The van der Waals surface area contributed by atoms with E-state index in [2.05, 4.69) is 73.9 Å². The van der Waals surface area contributed by atoms with Gasteiger partial charge in [0.15, 0.2) is 5.82 Å². The van der Waals surface area contributed by atoms with E-state index in [9.17, 15) is 0 Å². The van der Waals surface area contributed by atoms with E-state index in [-0.39, 0.29) is 0 Å². The summed E-state index contributed by atoms with van der Waals surface area (Å²) in [6.07, 6.45) is 5.24. The van der Waals surface area contributed by atoms with Crippen molar-refractivity contribution in [2.45, 2.75) is 39.0 Å². The lowest BCUT2D eigenvalue weighted by molar-refractivity contribution is 0.778. The van der Waals surface area contributed by atoms with Gasteiger partial charge in [0.25, 0.3) is 0 Å². The first-order valence-electron chi connectivity index (χ1n) is 11.4. The minimum Gasteiger partial charge on any atom is -0.342 e. The van der Waals surface area contributed by atoms with Crippen molar-refractivity contribution < 1.29 is 0 Å². The normalized spacial score (nSPS) is 13.7. The molecule has 6 rings (SSSR count). The first-order chi connectivity index (χ1) is 16.1. The van der Waals surface area contributed by atoms with Gasteiger partial charge >= 0.3 is 0 Å². The van der Waals surface area contributed by atoms with Crippen LogP contribution in [0, 0.1) is 6.92 Å². The number of imidazole rings is 1. The minimum atomic E-state index is 0.577. The highest BCUT2D eigenvalue weighted by Crippen LogP contribution is 2.47. The second kappa shape index (κ2) is 7.58. The Balaban J connectivity index is 1.29. The van der Waals surface area contributed by atoms with E-state index in [1.54, 1.807) is 4.68 Å². The summed E-state index contributed by atoms with van der Waals surface area (Å²) in [6.45, 7) is 4.14. The Hall–Kier alpha value is -3.94. The zero-order valence-electron chi connectivity index (χ0n) is 19.0. The van der Waals surface area contributed by atoms with Crippen LogP contribution in [0.4, 0.5) is 11.6 Å². The predicted molar refractivity (Wildman–Crippen MR) is 129 cm³/mol. The molecule has 1 fully saturated rings. The molecule has 33 heavy (non-hydrogen) atoms. The summed E-state index contributed by atoms with van der Waals surface area (Å²) in [5.74, 6) is 3.00. The smallest absolute Gasteiger partial charge is 0.225 e. The molecule has 3 aromatic heterocycles. The zero-order chi connectivity index (χ0) is 22.5. The minimum absolute atomic E-state index is 0.577. The van der Waals surface area contributed by atoms with Crippen molar-refractivity contribution in [1.29, 1.82) is 0 Å². The average Bonchev–Trinajstić information content (AvgIpc) is 3.24. The first kappa shape index (κ1) is 19.7. The highest BCUT2D eigenvalue weighted by molar-refractivity contribution is 5.89. The van der Waals surface area contributed by atoms with E-state index in [4.69, 9.17) is 4.98 Å². The molecule has 0 amide bonds. The van der Waals surface area contributed by atoms with Gasteiger partial charge < -0.3 is 10.3 Å². The lowest BCUT2D eigenvalue weighted by atomic mass is 10.0. The Morgan fingerprint density at radius 1 is 1.06 bits per heavy atom. The van der Waals surface area contributed by atoms with Crippen molar-refractivity contribution in [3.8, 4) is 22.6 Å². The van der Waals surface area contributed by atoms with E-state index >= 15 is 0 Å². The predicted octanol–water partition coefficient (Wildman–Crippen LogP) is 5.24. The van der Waals surface area contributed by atoms with Gasteiger partial charge in [-0.1, -0.05) is 31.2 Å². The number of anilines is 2. The summed E-state index contributed by atoms with van der Waals surface area (Å²) < 4.78 is 1.80. The molecule has 8 heteroatoms. The van der Waals surface area contributed by atoms with Crippen molar-refractivity contribution in [3.05, 3.63) is 59.7 Å². The van der Waals surface area contributed by atoms with Crippen LogP contribution in [0.5, 0.6) is 0 Å². The Morgan fingerprint density at radius 3 is 2.58 bits per heavy atom. The Bertz CT molecular complexity index is 1450. The average molecular weight is 439 g/mol. The van der Waals surface area contributed by atoms with E-state index in [0.717, 1.165) is 51.9 Å². The second-order valence-corrected chi connectivity index (χ2v) is 8.71. The second-order valence-electron chi connectivity index (χ2n) is 8.71. The topological polar surface area (TPSA) is 100 Å². The van der Waals surface area contributed by atoms with Crippen LogP contribution in [0.25, 0.3) is 33.5 Å². The lowest BCUT2D eigenvalue weighted by Crippen LogP contribution is -2.02. The summed E-state index contributed by atoms with van der Waals surface area (Å²) >= 11 is 0. The van der Waals surface area contributed by atoms with Crippen LogP contribution in [0.15, 0.2) is 42.6 Å². The highest BCUT2D eigenvalue weighted by atomic mass is 15.4. The SMILES string of the molecule is CCc1nc(C)c(-c2ccc(-c3nc(Nc4ccc5[nH]ncc5c4C4CC4)n(C)n3)cc2)[nH]1. The number of aromatic amines is 2. The summed E-state index contributed by atoms with van der Waals surface area (Å²) in [6, 6.07) is 12.5. The van der Waals surface area contributed by atoms with Gasteiger partial charge in [0.1, 0.15) is 5.82 Å². The Morgan fingerprint density at radius 2 is 1.85 bits per heavy atom. The van der Waals surface area contributed by atoms with Gasteiger partial charge in [0, 0.05) is 30.1 Å². The number of hydrogen-bond acceptors (Lipinski definition) is 5. The van der Waals surface area contributed by atoms with Crippen molar-refractivity contribution in [2.24, 2.45) is 7.05 Å². The molecule has 166 valence electrons. The van der Waals surface area contributed by atoms with Gasteiger partial charge in [0.05, 0.1) is 23.1 Å². The van der Waals surface area contributed by atoms with Crippen molar-refractivity contribution in [1.82, 2.24) is 34.9 Å². The maximum absolute atomic E-state index is 4.80. The molecule has 0 saturated heterocycles. The molecule has 1 aliphatic rings. The van der Waals surface area contributed by atoms with E-state index < -0.39 is 0 Å². The van der Waals surface area contributed by atoms with Gasteiger partial charge in [0.2, 0.25) is 5.95 Å². The number of rotatable bonds is 6. The van der Waals surface area contributed by atoms with Crippen LogP contribution in [0.2, 0.25) is 0 Å². The molecule has 5 aromatic rings. The van der Waals surface area contributed by atoms with Crippen LogP contribution in [0.3, 0.4) is 0 Å². The Labute approximate surface area is 191 Å². The maximum atomic E-state index is 4.80. The summed E-state index contributed by atoms with van der Waals surface area (Å²) in [4.78, 5) is 12.8. The monoisotopic (exact) mass is 438 g/mol. The molecule has 0 aliphatic heterocycles. The molecule has 1 aliphatic carbocycles. The zero-order valence-corrected chi connectivity index (χ0v) is 19.0. The molecule has 3 heterocycles. The van der Waals surface area contributed by atoms with Gasteiger partial charge in [-0.25, -0.2) is 9.67 Å². The fourth-order valence-electron chi connectivity index (χ4n) is 4.45. The van der Waals surface area contributed by atoms with Crippen molar-refractivity contribution in [3.63, 3.8) is 0 Å². The summed E-state index contributed by atoms with van der Waals surface area (Å²) in [7, 11) is 1.92. The number of aromatic nitrogens is 7. The quantitative estimate of drug-likeness (QED) is 0.337. The van der Waals surface area contributed by atoms with Crippen LogP contribution >= 0.6 is 0 Å². The van der Waals surface area contributed by atoms with E-state index in [1.807, 2.05) is 20.2 Å². The number of benzene rings is 2. The molecule has 1 saturated carbocycles. The van der Waals surface area contributed by atoms with Gasteiger partial charge in [-0.15, -0.1) is 5.10 Å². The molecule has 0 bridgehead atoms. The molecule has 0 unspecified atom stereocenters. The summed E-state index contributed by atoms with van der Waals surface area (Å²) in [5.41, 5.74) is 7.63. The lowest BCUT2D eigenvalue weighted by Gasteiger charge is -2.11. The molecule has 8 nitrogen and oxygen atoms in total. The van der Waals surface area contributed by atoms with E-state index in [0.29, 0.717) is 11.7 Å². The summed E-state index contributed by atoms with van der Waals surface area (Å²) in [5, 5.41) is 16.7. The molecule has 2 aromatic carbocycles. The molecule has 3 N–H and O–H groups in total. The van der Waals surface area contributed by atoms with Crippen LogP contribution in [-0.2, 0) is 13.5 Å². The third-order valence-corrected chi connectivity index (χ3v) is 6.36. The van der Waals surface area contributed by atoms with Gasteiger partial charge in [-0.05, 0) is 48.9 Å². The third kappa shape index (κ3) is 3.47. The molecule has 0 spiro atoms. The van der Waals surface area contributed by atoms with E-state index in [1.165, 1.54) is 23.8 Å². The number of aryl methyl sites for hydroxylation is 3. The van der Waals surface area contributed by atoms with Crippen LogP contribution in [-0.4, -0.2) is 34.9 Å². The fourth-order valence-corrected chi connectivity index (χ4v) is 4.45.